The zero-order valence-electron chi connectivity index (χ0n) is 12.5. The maximum Gasteiger partial charge on any atom is 0.418 e. The number of rotatable bonds is 5. The Morgan fingerprint density at radius 1 is 1.24 bits per heavy atom. The highest BCUT2D eigenvalue weighted by Crippen LogP contribution is 2.34. The number of carbonyl (C=O) groups is 2. The lowest BCUT2D eigenvalue weighted by atomic mass is 10.1. The van der Waals surface area contributed by atoms with Crippen LogP contribution < -0.4 is 16.8 Å². The van der Waals surface area contributed by atoms with Crippen LogP contribution in [-0.4, -0.2) is 27.5 Å². The number of carbonyl (C=O) groups excluding carboxylic acids is 2. The Balaban J connectivity index is 2.03. The predicted octanol–water partition coefficient (Wildman–Crippen LogP) is 1.91. The number of para-hydroxylation sites is 1. The molecular weight excluding hydrogens is 359 g/mol. The topological polar surface area (TPSA) is 124 Å². The zero-order valence-corrected chi connectivity index (χ0v) is 13.3. The fourth-order valence-electron chi connectivity index (χ4n) is 1.79. The van der Waals surface area contributed by atoms with Crippen molar-refractivity contribution in [3.8, 4) is 0 Å². The number of nitrogens with two attached hydrogens (primary N) is 2. The highest BCUT2D eigenvalue weighted by molar-refractivity contribution is 7.99. The van der Waals surface area contributed by atoms with Gasteiger partial charge in [-0.3, -0.25) is 9.59 Å². The van der Waals surface area contributed by atoms with Crippen LogP contribution in [0.1, 0.15) is 15.9 Å². The lowest BCUT2D eigenvalue weighted by Crippen LogP contribution is -2.18. The summed E-state index contributed by atoms with van der Waals surface area (Å²) in [5.41, 5.74) is 9.24. The fraction of sp³-hybridized carbons (Fsp3) is 0.143. The molecule has 0 saturated heterocycles. The molecule has 1 aromatic carbocycles. The summed E-state index contributed by atoms with van der Waals surface area (Å²) >= 11 is 0.848. The Kier molecular flexibility index (Phi) is 5.47. The fourth-order valence-corrected chi connectivity index (χ4v) is 2.42. The van der Waals surface area contributed by atoms with E-state index in [9.17, 15) is 22.8 Å². The van der Waals surface area contributed by atoms with Crippen molar-refractivity contribution in [2.24, 2.45) is 5.73 Å². The molecular formula is C14H12F3N5O2S. The number of nitrogens with one attached hydrogen (secondary N) is 1. The molecule has 0 atom stereocenters. The van der Waals surface area contributed by atoms with Crippen LogP contribution >= 0.6 is 11.8 Å². The van der Waals surface area contributed by atoms with Crippen molar-refractivity contribution in [1.29, 1.82) is 0 Å². The van der Waals surface area contributed by atoms with Gasteiger partial charge < -0.3 is 16.8 Å². The molecule has 2 rings (SSSR count). The number of nitrogen functional groups attached to an aromatic ring is 1. The highest BCUT2D eigenvalue weighted by Gasteiger charge is 2.33. The van der Waals surface area contributed by atoms with Gasteiger partial charge in [-0.1, -0.05) is 23.9 Å². The van der Waals surface area contributed by atoms with E-state index in [-0.39, 0.29) is 28.0 Å². The van der Waals surface area contributed by atoms with Crippen molar-refractivity contribution < 1.29 is 22.8 Å². The van der Waals surface area contributed by atoms with Gasteiger partial charge in [0.2, 0.25) is 5.91 Å². The van der Waals surface area contributed by atoms with E-state index in [0.29, 0.717) is 0 Å². The molecule has 2 aromatic rings. The SMILES string of the molecule is NC(=O)c1cnc(SCC(=O)Nc2ccccc2C(F)(F)F)nc1N. The van der Waals surface area contributed by atoms with Crippen molar-refractivity contribution in [1.82, 2.24) is 9.97 Å². The maximum atomic E-state index is 12.9. The average Bonchev–Trinajstić information content (AvgIpc) is 2.52. The van der Waals surface area contributed by atoms with Crippen molar-refractivity contribution in [3.63, 3.8) is 0 Å². The summed E-state index contributed by atoms with van der Waals surface area (Å²) in [7, 11) is 0. The van der Waals surface area contributed by atoms with Gasteiger partial charge in [0.15, 0.2) is 5.16 Å². The largest absolute Gasteiger partial charge is 0.418 e. The number of amides is 2. The predicted molar refractivity (Wildman–Crippen MR) is 85.8 cm³/mol. The van der Waals surface area contributed by atoms with E-state index in [0.717, 1.165) is 30.1 Å². The van der Waals surface area contributed by atoms with E-state index in [1.54, 1.807) is 0 Å². The number of hydrogen-bond acceptors (Lipinski definition) is 6. The van der Waals surface area contributed by atoms with Gasteiger partial charge in [-0.05, 0) is 12.1 Å². The number of alkyl halides is 3. The molecule has 1 aromatic heterocycles. The summed E-state index contributed by atoms with van der Waals surface area (Å²) in [6.07, 6.45) is -3.47. The minimum Gasteiger partial charge on any atom is -0.383 e. The van der Waals surface area contributed by atoms with E-state index < -0.39 is 23.6 Å². The molecule has 25 heavy (non-hydrogen) atoms. The van der Waals surface area contributed by atoms with Crippen LogP contribution in [0.5, 0.6) is 0 Å². The number of nitrogens with zero attached hydrogens (tertiary/aromatic N) is 2. The normalized spacial score (nSPS) is 11.2. The molecule has 5 N–H and O–H groups in total. The van der Waals surface area contributed by atoms with Crippen LogP contribution in [0.2, 0.25) is 0 Å². The standard InChI is InChI=1S/C14H12F3N5O2S/c15-14(16,17)8-3-1-2-4-9(8)21-10(23)6-25-13-20-5-7(12(19)24)11(18)22-13/h1-5H,6H2,(H2,19,24)(H,21,23)(H2,18,20,22). The Labute approximate surface area is 144 Å². The number of primary amides is 1. The second kappa shape index (κ2) is 7.38. The molecule has 0 aliphatic rings. The number of aromatic nitrogens is 2. The average molecular weight is 371 g/mol. The molecule has 0 aliphatic carbocycles. The number of anilines is 2. The second-order valence-corrected chi connectivity index (χ2v) is 5.64. The van der Waals surface area contributed by atoms with Gasteiger partial charge in [-0.2, -0.15) is 13.2 Å². The molecule has 0 saturated carbocycles. The summed E-state index contributed by atoms with van der Waals surface area (Å²) in [5.74, 6) is -1.87. The number of hydrogen-bond donors (Lipinski definition) is 3. The summed E-state index contributed by atoms with van der Waals surface area (Å²) in [4.78, 5) is 30.5. The van der Waals surface area contributed by atoms with E-state index in [1.807, 2.05) is 0 Å². The summed E-state index contributed by atoms with van der Waals surface area (Å²) in [6.45, 7) is 0. The lowest BCUT2D eigenvalue weighted by Gasteiger charge is -2.13. The first kappa shape index (κ1) is 18.5. The Morgan fingerprint density at radius 2 is 1.92 bits per heavy atom. The maximum absolute atomic E-state index is 12.9. The number of benzene rings is 1. The molecule has 0 spiro atoms. The smallest absolute Gasteiger partial charge is 0.383 e. The first-order chi connectivity index (χ1) is 11.7. The quantitative estimate of drug-likeness (QED) is 0.545. The Hall–Kier alpha value is -2.82. The van der Waals surface area contributed by atoms with Gasteiger partial charge >= 0.3 is 6.18 Å². The van der Waals surface area contributed by atoms with Crippen molar-refractivity contribution >= 4 is 35.1 Å². The molecule has 11 heteroatoms. The molecule has 0 aliphatic heterocycles. The summed E-state index contributed by atoms with van der Waals surface area (Å²) in [6, 6.07) is 4.63. The molecule has 0 radical (unpaired) electrons. The third-order valence-electron chi connectivity index (χ3n) is 2.90. The Morgan fingerprint density at radius 3 is 2.52 bits per heavy atom. The molecule has 0 bridgehead atoms. The van der Waals surface area contributed by atoms with Crippen molar-refractivity contribution in [2.75, 3.05) is 16.8 Å². The minimum atomic E-state index is -4.58. The summed E-state index contributed by atoms with van der Waals surface area (Å²) in [5, 5.41) is 2.28. The van der Waals surface area contributed by atoms with Crippen molar-refractivity contribution in [3.05, 3.63) is 41.6 Å². The van der Waals surface area contributed by atoms with E-state index in [4.69, 9.17) is 11.5 Å². The molecule has 0 fully saturated rings. The van der Waals surface area contributed by atoms with E-state index >= 15 is 0 Å². The molecule has 1 heterocycles. The van der Waals surface area contributed by atoms with Gasteiger partial charge in [-0.15, -0.1) is 0 Å². The second-order valence-electron chi connectivity index (χ2n) is 4.70. The number of thioether (sulfide) groups is 1. The third kappa shape index (κ3) is 4.83. The molecule has 0 unspecified atom stereocenters. The first-order valence-corrected chi connectivity index (χ1v) is 7.68. The van der Waals surface area contributed by atoms with E-state index in [1.165, 1.54) is 12.1 Å². The van der Waals surface area contributed by atoms with Gasteiger partial charge in [0.25, 0.3) is 5.91 Å². The summed E-state index contributed by atoms with van der Waals surface area (Å²) < 4.78 is 38.6. The van der Waals surface area contributed by atoms with Crippen LogP contribution in [0.4, 0.5) is 24.7 Å². The van der Waals surface area contributed by atoms with Crippen LogP contribution in [0.25, 0.3) is 0 Å². The van der Waals surface area contributed by atoms with Crippen LogP contribution in [0, 0.1) is 0 Å². The van der Waals surface area contributed by atoms with Gasteiger partial charge in [0.05, 0.1) is 22.6 Å². The molecule has 132 valence electrons. The first-order valence-electron chi connectivity index (χ1n) is 6.69. The van der Waals surface area contributed by atoms with Crippen LogP contribution in [0.15, 0.2) is 35.6 Å². The van der Waals surface area contributed by atoms with Gasteiger partial charge in [0, 0.05) is 6.20 Å². The Bertz CT molecular complexity index is 813. The molecule has 7 nitrogen and oxygen atoms in total. The van der Waals surface area contributed by atoms with Crippen LogP contribution in [-0.2, 0) is 11.0 Å². The third-order valence-corrected chi connectivity index (χ3v) is 3.76. The lowest BCUT2D eigenvalue weighted by molar-refractivity contribution is -0.137. The van der Waals surface area contributed by atoms with E-state index in [2.05, 4.69) is 15.3 Å². The van der Waals surface area contributed by atoms with Crippen LogP contribution in [0.3, 0.4) is 0 Å². The van der Waals surface area contributed by atoms with Crippen molar-refractivity contribution in [2.45, 2.75) is 11.3 Å². The minimum absolute atomic E-state index is 0.0621. The molecule has 2 amide bonds. The highest BCUT2D eigenvalue weighted by atomic mass is 32.2. The van der Waals surface area contributed by atoms with Gasteiger partial charge in [-0.25, -0.2) is 9.97 Å². The zero-order chi connectivity index (χ0) is 18.6. The number of halogens is 3. The monoisotopic (exact) mass is 371 g/mol. The van der Waals surface area contributed by atoms with Gasteiger partial charge in [0.1, 0.15) is 5.82 Å².